The Labute approximate surface area is 82.6 Å². The molecule has 2 heteroatoms. The SMILES string of the molecule is CC(C)COCCOCC(C)(C)C. The Morgan fingerprint density at radius 3 is 2.00 bits per heavy atom. The molecule has 0 aliphatic carbocycles. The first-order valence-corrected chi connectivity index (χ1v) is 5.07. The molecule has 0 fully saturated rings. The summed E-state index contributed by atoms with van der Waals surface area (Å²) in [5.41, 5.74) is 0.262. The number of hydrogen-bond acceptors (Lipinski definition) is 2. The van der Waals surface area contributed by atoms with Crippen LogP contribution in [0.1, 0.15) is 34.6 Å². The minimum Gasteiger partial charge on any atom is -0.379 e. The van der Waals surface area contributed by atoms with Crippen LogP contribution in [0.3, 0.4) is 0 Å². The van der Waals surface area contributed by atoms with E-state index < -0.39 is 0 Å². The second-order valence-corrected chi connectivity index (χ2v) is 5.08. The van der Waals surface area contributed by atoms with Gasteiger partial charge in [0.05, 0.1) is 19.8 Å². The smallest absolute Gasteiger partial charge is 0.0700 e. The van der Waals surface area contributed by atoms with Crippen LogP contribution in [0, 0.1) is 11.3 Å². The second-order valence-electron chi connectivity index (χ2n) is 5.08. The maximum atomic E-state index is 5.45. The van der Waals surface area contributed by atoms with Crippen molar-refractivity contribution in [3.05, 3.63) is 0 Å². The van der Waals surface area contributed by atoms with Gasteiger partial charge in [-0.3, -0.25) is 0 Å². The van der Waals surface area contributed by atoms with Crippen LogP contribution in [-0.4, -0.2) is 26.4 Å². The van der Waals surface area contributed by atoms with Crippen molar-refractivity contribution in [1.82, 2.24) is 0 Å². The van der Waals surface area contributed by atoms with E-state index in [1.807, 2.05) is 0 Å². The highest BCUT2D eigenvalue weighted by Crippen LogP contribution is 2.12. The zero-order valence-electron chi connectivity index (χ0n) is 9.72. The molecule has 0 atom stereocenters. The summed E-state index contributed by atoms with van der Waals surface area (Å²) in [6.07, 6.45) is 0. The van der Waals surface area contributed by atoms with Gasteiger partial charge in [0, 0.05) is 6.61 Å². The van der Waals surface area contributed by atoms with Crippen molar-refractivity contribution in [2.24, 2.45) is 11.3 Å². The Morgan fingerprint density at radius 1 is 1.00 bits per heavy atom. The van der Waals surface area contributed by atoms with Gasteiger partial charge in [0.15, 0.2) is 0 Å². The molecule has 0 radical (unpaired) electrons. The third-order valence-electron chi connectivity index (χ3n) is 1.36. The van der Waals surface area contributed by atoms with Crippen LogP contribution in [0.15, 0.2) is 0 Å². The summed E-state index contributed by atoms with van der Waals surface area (Å²) >= 11 is 0. The Morgan fingerprint density at radius 2 is 1.54 bits per heavy atom. The molecule has 0 unspecified atom stereocenters. The van der Waals surface area contributed by atoms with E-state index in [0.29, 0.717) is 19.1 Å². The minimum atomic E-state index is 0.262. The molecule has 0 N–H and O–H groups in total. The van der Waals surface area contributed by atoms with E-state index in [4.69, 9.17) is 9.47 Å². The molecule has 0 rings (SSSR count). The lowest BCUT2D eigenvalue weighted by atomic mass is 9.99. The standard InChI is InChI=1S/C11H24O2/c1-10(2)8-12-6-7-13-9-11(3,4)5/h10H,6-9H2,1-5H3. The predicted octanol–water partition coefficient (Wildman–Crippen LogP) is 2.72. The molecule has 0 spiro atoms. The fourth-order valence-corrected chi connectivity index (χ4v) is 0.815. The summed E-state index contributed by atoms with van der Waals surface area (Å²) in [5.74, 6) is 0.614. The molecule has 0 aromatic carbocycles. The van der Waals surface area contributed by atoms with Crippen LogP contribution in [-0.2, 0) is 9.47 Å². The quantitative estimate of drug-likeness (QED) is 0.597. The topological polar surface area (TPSA) is 18.5 Å². The van der Waals surface area contributed by atoms with Crippen molar-refractivity contribution in [1.29, 1.82) is 0 Å². The Hall–Kier alpha value is -0.0800. The first-order chi connectivity index (χ1) is 5.92. The molecule has 80 valence electrons. The maximum absolute atomic E-state index is 5.45. The van der Waals surface area contributed by atoms with Gasteiger partial charge in [-0.1, -0.05) is 34.6 Å². The van der Waals surface area contributed by atoms with Crippen molar-refractivity contribution in [2.45, 2.75) is 34.6 Å². The number of ether oxygens (including phenoxy) is 2. The van der Waals surface area contributed by atoms with E-state index in [0.717, 1.165) is 13.2 Å². The van der Waals surface area contributed by atoms with Gasteiger partial charge in [-0.25, -0.2) is 0 Å². The first-order valence-electron chi connectivity index (χ1n) is 5.07. The van der Waals surface area contributed by atoms with Gasteiger partial charge in [-0.05, 0) is 11.3 Å². The van der Waals surface area contributed by atoms with E-state index in [1.54, 1.807) is 0 Å². The van der Waals surface area contributed by atoms with Crippen molar-refractivity contribution in [2.75, 3.05) is 26.4 Å². The Bertz CT molecular complexity index is 114. The molecule has 0 bridgehead atoms. The molecule has 0 saturated carbocycles. The van der Waals surface area contributed by atoms with Crippen molar-refractivity contribution < 1.29 is 9.47 Å². The summed E-state index contributed by atoms with van der Waals surface area (Å²) in [6, 6.07) is 0. The summed E-state index contributed by atoms with van der Waals surface area (Å²) in [4.78, 5) is 0. The first kappa shape index (κ1) is 12.9. The molecule has 0 saturated heterocycles. The van der Waals surface area contributed by atoms with E-state index in [2.05, 4.69) is 34.6 Å². The van der Waals surface area contributed by atoms with Crippen LogP contribution in [0.5, 0.6) is 0 Å². The van der Waals surface area contributed by atoms with E-state index >= 15 is 0 Å². The molecule has 0 aromatic rings. The van der Waals surface area contributed by atoms with Gasteiger partial charge in [0.2, 0.25) is 0 Å². The summed E-state index contributed by atoms with van der Waals surface area (Å²) in [6.45, 7) is 13.9. The third-order valence-corrected chi connectivity index (χ3v) is 1.36. The summed E-state index contributed by atoms with van der Waals surface area (Å²) in [5, 5.41) is 0. The van der Waals surface area contributed by atoms with Gasteiger partial charge in [-0.2, -0.15) is 0 Å². The molecule has 0 aromatic heterocycles. The van der Waals surface area contributed by atoms with Gasteiger partial charge in [0.25, 0.3) is 0 Å². The summed E-state index contributed by atoms with van der Waals surface area (Å²) in [7, 11) is 0. The largest absolute Gasteiger partial charge is 0.379 e. The predicted molar refractivity (Wildman–Crippen MR) is 55.9 cm³/mol. The lowest BCUT2D eigenvalue weighted by molar-refractivity contribution is 0.0131. The number of hydrogen-bond donors (Lipinski definition) is 0. The van der Waals surface area contributed by atoms with Crippen LogP contribution >= 0.6 is 0 Å². The normalized spacial score (nSPS) is 12.5. The Kier molecular flexibility index (Phi) is 6.35. The molecule has 0 aliphatic rings. The molecular formula is C11H24O2. The van der Waals surface area contributed by atoms with Crippen molar-refractivity contribution in [3.63, 3.8) is 0 Å². The average Bonchev–Trinajstić information content (AvgIpc) is 1.93. The monoisotopic (exact) mass is 188 g/mol. The highest BCUT2D eigenvalue weighted by atomic mass is 16.5. The molecule has 13 heavy (non-hydrogen) atoms. The Balaban J connectivity index is 3.09. The van der Waals surface area contributed by atoms with Crippen molar-refractivity contribution >= 4 is 0 Å². The second kappa shape index (κ2) is 6.39. The van der Waals surface area contributed by atoms with E-state index in [1.165, 1.54) is 0 Å². The van der Waals surface area contributed by atoms with E-state index in [-0.39, 0.29) is 5.41 Å². The lowest BCUT2D eigenvalue weighted by Crippen LogP contribution is -2.17. The molecular weight excluding hydrogens is 164 g/mol. The van der Waals surface area contributed by atoms with Crippen molar-refractivity contribution in [3.8, 4) is 0 Å². The zero-order valence-corrected chi connectivity index (χ0v) is 9.72. The van der Waals surface area contributed by atoms with Crippen LogP contribution in [0.25, 0.3) is 0 Å². The molecule has 0 amide bonds. The highest BCUT2D eigenvalue weighted by Gasteiger charge is 2.09. The van der Waals surface area contributed by atoms with Crippen LogP contribution in [0.4, 0.5) is 0 Å². The van der Waals surface area contributed by atoms with Gasteiger partial charge >= 0.3 is 0 Å². The summed E-state index contributed by atoms with van der Waals surface area (Å²) < 4.78 is 10.8. The van der Waals surface area contributed by atoms with Gasteiger partial charge < -0.3 is 9.47 Å². The zero-order chi connectivity index (χ0) is 10.3. The lowest BCUT2D eigenvalue weighted by Gasteiger charge is -2.18. The average molecular weight is 188 g/mol. The van der Waals surface area contributed by atoms with Crippen LogP contribution < -0.4 is 0 Å². The molecule has 0 heterocycles. The third kappa shape index (κ3) is 11.9. The minimum absolute atomic E-state index is 0.262. The fraction of sp³-hybridized carbons (Fsp3) is 1.00. The molecule has 2 nitrogen and oxygen atoms in total. The van der Waals surface area contributed by atoms with Gasteiger partial charge in [0.1, 0.15) is 0 Å². The number of rotatable bonds is 6. The fourth-order valence-electron chi connectivity index (χ4n) is 0.815. The van der Waals surface area contributed by atoms with Gasteiger partial charge in [-0.15, -0.1) is 0 Å². The van der Waals surface area contributed by atoms with E-state index in [9.17, 15) is 0 Å². The van der Waals surface area contributed by atoms with Crippen LogP contribution in [0.2, 0.25) is 0 Å². The molecule has 0 aliphatic heterocycles. The maximum Gasteiger partial charge on any atom is 0.0700 e. The highest BCUT2D eigenvalue weighted by molar-refractivity contribution is 4.58.